The molecule has 0 radical (unpaired) electrons. The molecule has 2 saturated heterocycles. The van der Waals surface area contributed by atoms with Crippen LogP contribution in [-0.2, 0) is 4.79 Å². The van der Waals surface area contributed by atoms with E-state index in [-0.39, 0.29) is 24.2 Å². The molecule has 0 aliphatic carbocycles. The fourth-order valence-electron chi connectivity index (χ4n) is 3.93. The summed E-state index contributed by atoms with van der Waals surface area (Å²) in [4.78, 5) is 27.3. The van der Waals surface area contributed by atoms with Gasteiger partial charge in [0.15, 0.2) is 0 Å². The standard InChI is InChI=1S/C20H29N3O2.ClH/c1-20(19(25)22-12-9-16-8-11-21-14-16)10-5-13-23(15-20)18(24)17-6-3-2-4-7-17;/h2-4,6-7,16,21H,5,8-15H2,1H3,(H,22,25);1H. The van der Waals surface area contributed by atoms with Crippen LogP contribution in [0.4, 0.5) is 0 Å². The number of benzene rings is 1. The molecule has 2 aliphatic rings. The Hall–Kier alpha value is -1.59. The summed E-state index contributed by atoms with van der Waals surface area (Å²) in [5, 5.41) is 6.47. The number of hydrogen-bond donors (Lipinski definition) is 2. The third-order valence-corrected chi connectivity index (χ3v) is 5.55. The molecule has 2 heterocycles. The van der Waals surface area contributed by atoms with Gasteiger partial charge < -0.3 is 15.5 Å². The highest BCUT2D eigenvalue weighted by Gasteiger charge is 2.39. The summed E-state index contributed by atoms with van der Waals surface area (Å²) in [6.45, 7) is 6.10. The number of likely N-dealkylation sites (tertiary alicyclic amines) is 1. The van der Waals surface area contributed by atoms with Crippen molar-refractivity contribution in [2.75, 3.05) is 32.7 Å². The van der Waals surface area contributed by atoms with E-state index in [1.54, 1.807) is 0 Å². The fraction of sp³-hybridized carbons (Fsp3) is 0.600. The van der Waals surface area contributed by atoms with E-state index in [1.165, 1.54) is 6.42 Å². The minimum atomic E-state index is -0.489. The first-order chi connectivity index (χ1) is 12.1. The van der Waals surface area contributed by atoms with Crippen LogP contribution in [0.1, 0.15) is 43.0 Å². The van der Waals surface area contributed by atoms with Crippen molar-refractivity contribution in [2.24, 2.45) is 11.3 Å². The van der Waals surface area contributed by atoms with Crippen molar-refractivity contribution in [1.82, 2.24) is 15.5 Å². The van der Waals surface area contributed by atoms with Crippen LogP contribution in [0, 0.1) is 11.3 Å². The maximum atomic E-state index is 12.7. The molecule has 1 aromatic carbocycles. The predicted octanol–water partition coefficient (Wildman–Crippen LogP) is 2.47. The van der Waals surface area contributed by atoms with E-state index in [0.29, 0.717) is 18.0 Å². The Morgan fingerprint density at radius 3 is 2.77 bits per heavy atom. The van der Waals surface area contributed by atoms with E-state index in [1.807, 2.05) is 42.2 Å². The van der Waals surface area contributed by atoms with E-state index < -0.39 is 5.41 Å². The van der Waals surface area contributed by atoms with Gasteiger partial charge in [0, 0.05) is 25.2 Å². The number of carbonyl (C=O) groups excluding carboxylic acids is 2. The Morgan fingerprint density at radius 2 is 2.08 bits per heavy atom. The van der Waals surface area contributed by atoms with E-state index in [0.717, 1.165) is 45.4 Å². The largest absolute Gasteiger partial charge is 0.356 e. The molecule has 2 atom stereocenters. The lowest BCUT2D eigenvalue weighted by Gasteiger charge is -2.39. The Morgan fingerprint density at radius 1 is 1.31 bits per heavy atom. The normalized spacial score (nSPS) is 25.4. The summed E-state index contributed by atoms with van der Waals surface area (Å²) in [6, 6.07) is 9.33. The van der Waals surface area contributed by atoms with Gasteiger partial charge in [-0.25, -0.2) is 0 Å². The Bertz CT molecular complexity index is 604. The molecule has 144 valence electrons. The van der Waals surface area contributed by atoms with Crippen molar-refractivity contribution in [2.45, 2.75) is 32.6 Å². The van der Waals surface area contributed by atoms with Crippen molar-refractivity contribution in [1.29, 1.82) is 0 Å². The van der Waals surface area contributed by atoms with Gasteiger partial charge in [0.05, 0.1) is 5.41 Å². The van der Waals surface area contributed by atoms with E-state index >= 15 is 0 Å². The molecule has 0 spiro atoms. The third-order valence-electron chi connectivity index (χ3n) is 5.55. The molecule has 2 aliphatic heterocycles. The van der Waals surface area contributed by atoms with Crippen molar-refractivity contribution < 1.29 is 9.59 Å². The molecule has 2 fully saturated rings. The molecule has 6 heteroatoms. The minimum absolute atomic E-state index is 0. The van der Waals surface area contributed by atoms with Gasteiger partial charge in [0.25, 0.3) is 5.91 Å². The number of halogens is 1. The Labute approximate surface area is 162 Å². The summed E-state index contributed by atoms with van der Waals surface area (Å²) in [6.07, 6.45) is 3.94. The van der Waals surface area contributed by atoms with Crippen LogP contribution in [0.3, 0.4) is 0 Å². The number of piperidine rings is 1. The first-order valence-corrected chi connectivity index (χ1v) is 9.42. The zero-order valence-corrected chi connectivity index (χ0v) is 16.3. The van der Waals surface area contributed by atoms with Crippen LogP contribution in [0.2, 0.25) is 0 Å². The van der Waals surface area contributed by atoms with Crippen molar-refractivity contribution in [3.63, 3.8) is 0 Å². The van der Waals surface area contributed by atoms with Gasteiger partial charge in [-0.15, -0.1) is 12.4 Å². The smallest absolute Gasteiger partial charge is 0.253 e. The molecule has 3 rings (SSSR count). The van der Waals surface area contributed by atoms with Gasteiger partial charge in [0.1, 0.15) is 0 Å². The molecule has 0 bridgehead atoms. The van der Waals surface area contributed by atoms with Crippen LogP contribution in [0.25, 0.3) is 0 Å². The lowest BCUT2D eigenvalue weighted by atomic mass is 9.80. The number of hydrogen-bond acceptors (Lipinski definition) is 3. The molecule has 1 aromatic rings. The SMILES string of the molecule is CC1(C(=O)NCCC2CCNC2)CCCN(C(=O)c2ccccc2)C1.Cl. The fourth-order valence-corrected chi connectivity index (χ4v) is 3.93. The number of amides is 2. The molecule has 26 heavy (non-hydrogen) atoms. The highest BCUT2D eigenvalue weighted by molar-refractivity contribution is 5.95. The van der Waals surface area contributed by atoms with E-state index in [2.05, 4.69) is 10.6 Å². The molecule has 0 saturated carbocycles. The van der Waals surface area contributed by atoms with Crippen LogP contribution < -0.4 is 10.6 Å². The monoisotopic (exact) mass is 379 g/mol. The summed E-state index contributed by atoms with van der Waals surface area (Å²) in [5.41, 5.74) is 0.206. The second-order valence-electron chi connectivity index (χ2n) is 7.66. The Kier molecular flexibility index (Phi) is 7.47. The van der Waals surface area contributed by atoms with Crippen molar-refractivity contribution in [3.05, 3.63) is 35.9 Å². The van der Waals surface area contributed by atoms with Crippen LogP contribution >= 0.6 is 12.4 Å². The van der Waals surface area contributed by atoms with Gasteiger partial charge in [-0.1, -0.05) is 18.2 Å². The molecule has 2 unspecified atom stereocenters. The molecule has 0 aromatic heterocycles. The van der Waals surface area contributed by atoms with Crippen LogP contribution in [0.15, 0.2) is 30.3 Å². The number of rotatable bonds is 5. The zero-order chi connectivity index (χ0) is 17.7. The Balaban J connectivity index is 0.00000243. The number of carbonyl (C=O) groups is 2. The number of nitrogens with one attached hydrogen (secondary N) is 2. The topological polar surface area (TPSA) is 61.4 Å². The van der Waals surface area contributed by atoms with Crippen molar-refractivity contribution in [3.8, 4) is 0 Å². The molecule has 2 amide bonds. The van der Waals surface area contributed by atoms with Gasteiger partial charge in [0.2, 0.25) is 5.91 Å². The van der Waals surface area contributed by atoms with Crippen LogP contribution in [-0.4, -0.2) is 49.4 Å². The maximum Gasteiger partial charge on any atom is 0.253 e. The molecular weight excluding hydrogens is 350 g/mol. The average molecular weight is 380 g/mol. The molecule has 2 N–H and O–H groups in total. The second-order valence-corrected chi connectivity index (χ2v) is 7.66. The summed E-state index contributed by atoms with van der Waals surface area (Å²) in [5.74, 6) is 0.788. The number of nitrogens with zero attached hydrogens (tertiary/aromatic N) is 1. The maximum absolute atomic E-state index is 12.7. The van der Waals surface area contributed by atoms with Crippen molar-refractivity contribution >= 4 is 24.2 Å². The van der Waals surface area contributed by atoms with Gasteiger partial charge in [-0.3, -0.25) is 9.59 Å². The molecular formula is C20H30ClN3O2. The summed E-state index contributed by atoms with van der Waals surface area (Å²) >= 11 is 0. The lowest BCUT2D eigenvalue weighted by Crippen LogP contribution is -2.52. The van der Waals surface area contributed by atoms with Gasteiger partial charge in [-0.05, 0) is 63.7 Å². The van der Waals surface area contributed by atoms with E-state index in [9.17, 15) is 9.59 Å². The van der Waals surface area contributed by atoms with Gasteiger partial charge in [-0.2, -0.15) is 0 Å². The average Bonchev–Trinajstić information content (AvgIpc) is 3.15. The zero-order valence-electron chi connectivity index (χ0n) is 15.5. The quantitative estimate of drug-likeness (QED) is 0.826. The first-order valence-electron chi connectivity index (χ1n) is 9.42. The summed E-state index contributed by atoms with van der Waals surface area (Å²) < 4.78 is 0. The third kappa shape index (κ3) is 4.98. The second kappa shape index (κ2) is 9.38. The molecule has 5 nitrogen and oxygen atoms in total. The van der Waals surface area contributed by atoms with Gasteiger partial charge >= 0.3 is 0 Å². The summed E-state index contributed by atoms with van der Waals surface area (Å²) in [7, 11) is 0. The highest BCUT2D eigenvalue weighted by Crippen LogP contribution is 2.30. The highest BCUT2D eigenvalue weighted by atomic mass is 35.5. The minimum Gasteiger partial charge on any atom is -0.356 e. The first kappa shape index (κ1) is 20.7. The van der Waals surface area contributed by atoms with E-state index in [4.69, 9.17) is 0 Å². The van der Waals surface area contributed by atoms with Crippen LogP contribution in [0.5, 0.6) is 0 Å². The lowest BCUT2D eigenvalue weighted by molar-refractivity contribution is -0.132. The predicted molar refractivity (Wildman–Crippen MR) is 106 cm³/mol.